The molecule has 17 heavy (non-hydrogen) atoms. The molecule has 0 aromatic heterocycles. The molecule has 0 saturated heterocycles. The molecule has 1 unspecified atom stereocenters. The van der Waals surface area contributed by atoms with Crippen molar-refractivity contribution >= 4 is 0 Å². The maximum atomic E-state index is 13.1. The number of aliphatic hydroxyl groups excluding tert-OH is 1. The SMILES string of the molecule is CCCNCc1cc(F)ccc1OCC(C)O. The van der Waals surface area contributed by atoms with Gasteiger partial charge in [-0.3, -0.25) is 0 Å². The lowest BCUT2D eigenvalue weighted by Crippen LogP contribution is -2.17. The third-order valence-electron chi connectivity index (χ3n) is 2.24. The molecule has 0 aliphatic carbocycles. The van der Waals surface area contributed by atoms with Crippen molar-refractivity contribution in [1.29, 1.82) is 0 Å². The van der Waals surface area contributed by atoms with Gasteiger partial charge < -0.3 is 15.2 Å². The van der Waals surface area contributed by atoms with Crippen molar-refractivity contribution in [1.82, 2.24) is 5.32 Å². The Bertz CT molecular complexity index is 342. The maximum absolute atomic E-state index is 13.1. The van der Waals surface area contributed by atoms with Gasteiger partial charge in [0, 0.05) is 12.1 Å². The average molecular weight is 241 g/mol. The number of hydrogen-bond donors (Lipinski definition) is 2. The van der Waals surface area contributed by atoms with Crippen LogP contribution in [0.3, 0.4) is 0 Å². The fraction of sp³-hybridized carbons (Fsp3) is 0.538. The van der Waals surface area contributed by atoms with Crippen LogP contribution >= 0.6 is 0 Å². The summed E-state index contributed by atoms with van der Waals surface area (Å²) >= 11 is 0. The molecule has 1 aromatic rings. The van der Waals surface area contributed by atoms with E-state index in [1.807, 2.05) is 0 Å². The molecule has 0 aliphatic heterocycles. The molecular formula is C13H20FNO2. The molecule has 0 radical (unpaired) electrons. The lowest BCUT2D eigenvalue weighted by Gasteiger charge is -2.13. The minimum absolute atomic E-state index is 0.215. The molecule has 0 fully saturated rings. The van der Waals surface area contributed by atoms with Gasteiger partial charge in [-0.2, -0.15) is 0 Å². The van der Waals surface area contributed by atoms with Crippen molar-refractivity contribution in [2.75, 3.05) is 13.2 Å². The number of nitrogens with one attached hydrogen (secondary N) is 1. The second kappa shape index (κ2) is 7.25. The number of rotatable bonds is 7. The highest BCUT2D eigenvalue weighted by atomic mass is 19.1. The van der Waals surface area contributed by atoms with E-state index >= 15 is 0 Å². The molecule has 0 aliphatic rings. The molecule has 3 nitrogen and oxygen atoms in total. The second-order valence-electron chi connectivity index (χ2n) is 4.09. The monoisotopic (exact) mass is 241 g/mol. The minimum Gasteiger partial charge on any atom is -0.491 e. The van der Waals surface area contributed by atoms with E-state index in [0.717, 1.165) is 18.5 Å². The van der Waals surface area contributed by atoms with Crippen LogP contribution in [0.5, 0.6) is 5.75 Å². The van der Waals surface area contributed by atoms with E-state index in [1.165, 1.54) is 12.1 Å². The van der Waals surface area contributed by atoms with Crippen LogP contribution in [0.15, 0.2) is 18.2 Å². The summed E-state index contributed by atoms with van der Waals surface area (Å²) in [6.07, 6.45) is 0.496. The molecule has 1 atom stereocenters. The average Bonchev–Trinajstić information content (AvgIpc) is 2.28. The molecule has 1 rings (SSSR count). The molecule has 0 saturated carbocycles. The van der Waals surface area contributed by atoms with Crippen LogP contribution in [0.25, 0.3) is 0 Å². The van der Waals surface area contributed by atoms with Crippen LogP contribution in [-0.2, 0) is 6.54 Å². The Morgan fingerprint density at radius 3 is 2.88 bits per heavy atom. The van der Waals surface area contributed by atoms with E-state index < -0.39 is 6.10 Å². The second-order valence-corrected chi connectivity index (χ2v) is 4.09. The van der Waals surface area contributed by atoms with Gasteiger partial charge >= 0.3 is 0 Å². The summed E-state index contributed by atoms with van der Waals surface area (Å²) in [5.74, 6) is 0.346. The number of hydrogen-bond acceptors (Lipinski definition) is 3. The number of ether oxygens (including phenoxy) is 1. The minimum atomic E-state index is -0.531. The Labute approximate surface area is 102 Å². The van der Waals surface area contributed by atoms with Crippen molar-refractivity contribution in [3.8, 4) is 5.75 Å². The van der Waals surface area contributed by atoms with Crippen LogP contribution in [0, 0.1) is 5.82 Å². The summed E-state index contributed by atoms with van der Waals surface area (Å²) in [4.78, 5) is 0. The van der Waals surface area contributed by atoms with E-state index in [1.54, 1.807) is 13.0 Å². The van der Waals surface area contributed by atoms with Gasteiger partial charge in [-0.25, -0.2) is 4.39 Å². The predicted molar refractivity (Wildman–Crippen MR) is 65.6 cm³/mol. The standard InChI is InChI=1S/C13H20FNO2/c1-3-6-15-8-11-7-12(14)4-5-13(11)17-9-10(2)16/h4-5,7,10,15-16H,3,6,8-9H2,1-2H3. The molecular weight excluding hydrogens is 221 g/mol. The summed E-state index contributed by atoms with van der Waals surface area (Å²) < 4.78 is 18.6. The lowest BCUT2D eigenvalue weighted by molar-refractivity contribution is 0.122. The highest BCUT2D eigenvalue weighted by Gasteiger charge is 2.06. The topological polar surface area (TPSA) is 41.5 Å². The molecule has 2 N–H and O–H groups in total. The largest absolute Gasteiger partial charge is 0.491 e. The van der Waals surface area contributed by atoms with E-state index in [9.17, 15) is 4.39 Å². The van der Waals surface area contributed by atoms with E-state index in [4.69, 9.17) is 9.84 Å². The molecule has 1 aromatic carbocycles. The summed E-state index contributed by atoms with van der Waals surface area (Å²) in [5, 5.41) is 12.4. The fourth-order valence-corrected chi connectivity index (χ4v) is 1.44. The normalized spacial score (nSPS) is 12.5. The van der Waals surface area contributed by atoms with Gasteiger partial charge in [-0.15, -0.1) is 0 Å². The van der Waals surface area contributed by atoms with Crippen LogP contribution < -0.4 is 10.1 Å². The zero-order valence-corrected chi connectivity index (χ0v) is 10.4. The van der Waals surface area contributed by atoms with Crippen LogP contribution in [0.4, 0.5) is 4.39 Å². The van der Waals surface area contributed by atoms with Gasteiger partial charge in [0.05, 0.1) is 6.10 Å². The molecule has 4 heteroatoms. The van der Waals surface area contributed by atoms with Crippen molar-refractivity contribution in [2.24, 2.45) is 0 Å². The predicted octanol–water partition coefficient (Wildman–Crippen LogP) is 2.08. The Hall–Kier alpha value is -1.13. The fourth-order valence-electron chi connectivity index (χ4n) is 1.44. The van der Waals surface area contributed by atoms with E-state index in [0.29, 0.717) is 12.3 Å². The Kier molecular flexibility index (Phi) is 5.94. The van der Waals surface area contributed by atoms with Crippen LogP contribution in [0.2, 0.25) is 0 Å². The van der Waals surface area contributed by atoms with Gasteiger partial charge in [0.15, 0.2) is 0 Å². The Morgan fingerprint density at radius 1 is 1.47 bits per heavy atom. The van der Waals surface area contributed by atoms with Crippen LogP contribution in [0.1, 0.15) is 25.8 Å². The lowest BCUT2D eigenvalue weighted by atomic mass is 10.2. The molecule has 96 valence electrons. The zero-order valence-electron chi connectivity index (χ0n) is 10.4. The summed E-state index contributed by atoms with van der Waals surface area (Å²) in [6, 6.07) is 4.42. The first-order valence-corrected chi connectivity index (χ1v) is 5.93. The van der Waals surface area contributed by atoms with Gasteiger partial charge in [0.1, 0.15) is 18.2 Å². The van der Waals surface area contributed by atoms with Crippen molar-refractivity contribution in [3.63, 3.8) is 0 Å². The highest BCUT2D eigenvalue weighted by Crippen LogP contribution is 2.19. The third-order valence-corrected chi connectivity index (χ3v) is 2.24. The highest BCUT2D eigenvalue weighted by molar-refractivity contribution is 5.33. The first-order chi connectivity index (χ1) is 8.13. The Morgan fingerprint density at radius 2 is 2.24 bits per heavy atom. The van der Waals surface area contributed by atoms with Gasteiger partial charge in [0.25, 0.3) is 0 Å². The summed E-state index contributed by atoms with van der Waals surface area (Å²) in [6.45, 7) is 5.39. The molecule has 0 heterocycles. The van der Waals surface area contributed by atoms with Crippen LogP contribution in [-0.4, -0.2) is 24.4 Å². The smallest absolute Gasteiger partial charge is 0.124 e. The zero-order chi connectivity index (χ0) is 12.7. The van der Waals surface area contributed by atoms with Gasteiger partial charge in [-0.1, -0.05) is 6.92 Å². The number of halogens is 1. The van der Waals surface area contributed by atoms with Gasteiger partial charge in [-0.05, 0) is 38.1 Å². The Balaban J connectivity index is 2.66. The first-order valence-electron chi connectivity index (χ1n) is 5.93. The maximum Gasteiger partial charge on any atom is 0.124 e. The summed E-state index contributed by atoms with van der Waals surface area (Å²) in [5.41, 5.74) is 0.777. The number of benzene rings is 1. The van der Waals surface area contributed by atoms with E-state index in [-0.39, 0.29) is 12.4 Å². The van der Waals surface area contributed by atoms with Crippen molar-refractivity contribution < 1.29 is 14.2 Å². The van der Waals surface area contributed by atoms with Gasteiger partial charge in [0.2, 0.25) is 0 Å². The quantitative estimate of drug-likeness (QED) is 0.718. The molecule has 0 spiro atoms. The van der Waals surface area contributed by atoms with E-state index in [2.05, 4.69) is 12.2 Å². The number of aliphatic hydroxyl groups is 1. The molecule has 0 amide bonds. The first kappa shape index (κ1) is 13.9. The third kappa shape index (κ3) is 5.15. The molecule has 0 bridgehead atoms. The van der Waals surface area contributed by atoms with Crippen molar-refractivity contribution in [3.05, 3.63) is 29.6 Å². The summed E-state index contributed by atoms with van der Waals surface area (Å²) in [7, 11) is 0. The van der Waals surface area contributed by atoms with Crippen molar-refractivity contribution in [2.45, 2.75) is 32.9 Å².